The third-order valence-electron chi connectivity index (χ3n) is 6.43. The Kier molecular flexibility index (Phi) is 11.3. The molecule has 1 aromatic heterocycles. The van der Waals surface area contributed by atoms with Crippen molar-refractivity contribution in [1.82, 2.24) is 14.2 Å². The molecule has 1 aliphatic heterocycles. The fraction of sp³-hybridized carbons (Fsp3) is 0.462. The molecule has 0 aliphatic carbocycles. The molecule has 1 amide bonds. The van der Waals surface area contributed by atoms with Gasteiger partial charge in [-0.2, -0.15) is 0 Å². The third-order valence-corrected chi connectivity index (χ3v) is 9.65. The van der Waals surface area contributed by atoms with Crippen LogP contribution in [0.3, 0.4) is 0 Å². The molecule has 12 heteroatoms. The number of hydrogen-bond acceptors (Lipinski definition) is 7. The highest BCUT2D eigenvalue weighted by atomic mass is 35.5. The summed E-state index contributed by atoms with van der Waals surface area (Å²) in [6, 6.07) is 11.8. The number of rotatable bonds is 11. The van der Waals surface area contributed by atoms with E-state index in [0.29, 0.717) is 34.3 Å². The Balaban J connectivity index is 0.00000400. The fourth-order valence-corrected chi connectivity index (χ4v) is 6.69. The Labute approximate surface area is 240 Å². The summed E-state index contributed by atoms with van der Waals surface area (Å²) in [5.41, 5.74) is 1.08. The van der Waals surface area contributed by atoms with Gasteiger partial charge in [-0.05, 0) is 49.2 Å². The number of aromatic nitrogens is 1. The maximum atomic E-state index is 13.7. The lowest BCUT2D eigenvalue weighted by molar-refractivity contribution is 0.0376. The minimum Gasteiger partial charge on any atom is -0.379 e. The number of amides is 1. The van der Waals surface area contributed by atoms with Gasteiger partial charge in [-0.15, -0.1) is 12.4 Å². The Hall–Kier alpha value is -1.79. The number of sulfonamides is 1. The Morgan fingerprint density at radius 3 is 2.47 bits per heavy atom. The number of hydrogen-bond donors (Lipinski definition) is 0. The molecule has 2 heterocycles. The van der Waals surface area contributed by atoms with Gasteiger partial charge in [-0.25, -0.2) is 17.7 Å². The molecule has 0 bridgehead atoms. The summed E-state index contributed by atoms with van der Waals surface area (Å²) in [6.07, 6.45) is 2.47. The van der Waals surface area contributed by atoms with Crippen LogP contribution in [0.2, 0.25) is 5.02 Å². The number of anilines is 1. The van der Waals surface area contributed by atoms with E-state index in [0.717, 1.165) is 56.8 Å². The summed E-state index contributed by atoms with van der Waals surface area (Å²) in [6.45, 7) is 7.02. The number of thiazole rings is 1. The van der Waals surface area contributed by atoms with Crippen LogP contribution in [0.25, 0.3) is 10.2 Å². The largest absolute Gasteiger partial charge is 0.379 e. The predicted molar refractivity (Wildman–Crippen MR) is 157 cm³/mol. The molecule has 0 spiro atoms. The monoisotopic (exact) mass is 600 g/mol. The van der Waals surface area contributed by atoms with Crippen LogP contribution < -0.4 is 4.90 Å². The minimum atomic E-state index is -3.61. The van der Waals surface area contributed by atoms with Gasteiger partial charge in [0.15, 0.2) is 5.13 Å². The quantitative estimate of drug-likeness (QED) is 0.302. The highest BCUT2D eigenvalue weighted by Crippen LogP contribution is 2.33. The van der Waals surface area contributed by atoms with Crippen molar-refractivity contribution in [2.75, 3.05) is 57.9 Å². The molecule has 0 saturated carbocycles. The van der Waals surface area contributed by atoms with Crippen molar-refractivity contribution in [2.45, 2.75) is 31.1 Å². The SMILES string of the molecule is CCCCN(C)S(=O)(=O)c1ccc(C(=O)N(CCCN2CCOCC2)c2nc3c(Cl)cccc3s2)cc1.Cl. The number of para-hydroxylation sites is 1. The van der Waals surface area contributed by atoms with Gasteiger partial charge in [0.05, 0.1) is 27.8 Å². The fourth-order valence-electron chi connectivity index (χ4n) is 4.19. The zero-order valence-electron chi connectivity index (χ0n) is 21.6. The Morgan fingerprint density at radius 1 is 1.11 bits per heavy atom. The predicted octanol–water partition coefficient (Wildman–Crippen LogP) is 5.16. The van der Waals surface area contributed by atoms with Gasteiger partial charge in [0.25, 0.3) is 5.91 Å². The highest BCUT2D eigenvalue weighted by Gasteiger charge is 2.24. The number of carbonyl (C=O) groups is 1. The second-order valence-electron chi connectivity index (χ2n) is 9.05. The molecular formula is C26H34Cl2N4O4S2. The van der Waals surface area contributed by atoms with E-state index in [-0.39, 0.29) is 23.2 Å². The molecule has 1 fully saturated rings. The summed E-state index contributed by atoms with van der Waals surface area (Å²) in [5.74, 6) is -0.222. The number of halogens is 2. The van der Waals surface area contributed by atoms with Crippen LogP contribution in [0, 0.1) is 0 Å². The lowest BCUT2D eigenvalue weighted by atomic mass is 10.2. The van der Waals surface area contributed by atoms with E-state index < -0.39 is 10.0 Å². The van der Waals surface area contributed by atoms with Crippen LogP contribution in [0.4, 0.5) is 5.13 Å². The topological polar surface area (TPSA) is 83.1 Å². The lowest BCUT2D eigenvalue weighted by Gasteiger charge is -2.27. The smallest absolute Gasteiger partial charge is 0.260 e. The molecule has 0 unspecified atom stereocenters. The van der Waals surface area contributed by atoms with Gasteiger partial charge in [0.2, 0.25) is 10.0 Å². The first-order valence-corrected chi connectivity index (χ1v) is 15.2. The first-order chi connectivity index (χ1) is 17.8. The van der Waals surface area contributed by atoms with Crippen LogP contribution in [0.1, 0.15) is 36.5 Å². The molecule has 0 N–H and O–H groups in total. The number of carbonyl (C=O) groups excluding carboxylic acids is 1. The first kappa shape index (κ1) is 30.7. The zero-order valence-corrected chi connectivity index (χ0v) is 24.8. The number of fused-ring (bicyclic) bond motifs is 1. The van der Waals surface area contributed by atoms with Crippen LogP contribution >= 0.6 is 35.3 Å². The molecule has 1 aliphatic rings. The van der Waals surface area contributed by atoms with Crippen molar-refractivity contribution >= 4 is 66.6 Å². The Morgan fingerprint density at radius 2 is 1.82 bits per heavy atom. The van der Waals surface area contributed by atoms with Gasteiger partial charge in [-0.1, -0.05) is 42.3 Å². The van der Waals surface area contributed by atoms with Crippen molar-refractivity contribution in [2.24, 2.45) is 0 Å². The zero-order chi connectivity index (χ0) is 26.4. The van der Waals surface area contributed by atoms with Gasteiger partial charge < -0.3 is 4.74 Å². The van der Waals surface area contributed by atoms with Gasteiger partial charge >= 0.3 is 0 Å². The summed E-state index contributed by atoms with van der Waals surface area (Å²) in [7, 11) is -2.03. The summed E-state index contributed by atoms with van der Waals surface area (Å²) in [5, 5.41) is 1.12. The number of nitrogens with zero attached hydrogens (tertiary/aromatic N) is 4. The summed E-state index contributed by atoms with van der Waals surface area (Å²) in [4.78, 5) is 22.6. The molecule has 0 radical (unpaired) electrons. The summed E-state index contributed by atoms with van der Waals surface area (Å²) >= 11 is 7.78. The van der Waals surface area contributed by atoms with Gasteiger partial charge in [0, 0.05) is 45.3 Å². The number of unbranched alkanes of at least 4 members (excludes halogenated alkanes) is 1. The van der Waals surface area contributed by atoms with E-state index in [2.05, 4.69) is 9.88 Å². The molecule has 38 heavy (non-hydrogen) atoms. The van der Waals surface area contributed by atoms with Crippen molar-refractivity contribution < 1.29 is 17.9 Å². The molecule has 1 saturated heterocycles. The number of morpholine rings is 1. The Bertz CT molecular complexity index is 1310. The van der Waals surface area contributed by atoms with E-state index >= 15 is 0 Å². The molecule has 8 nitrogen and oxygen atoms in total. The van der Waals surface area contributed by atoms with Crippen molar-refractivity contribution in [3.05, 3.63) is 53.1 Å². The molecule has 4 rings (SSSR count). The van der Waals surface area contributed by atoms with Crippen LogP contribution in [0.5, 0.6) is 0 Å². The second kappa shape index (κ2) is 14.0. The van der Waals surface area contributed by atoms with E-state index in [4.69, 9.17) is 16.3 Å². The average molecular weight is 602 g/mol. The molecule has 2 aromatic carbocycles. The van der Waals surface area contributed by atoms with Crippen molar-refractivity contribution in [1.29, 1.82) is 0 Å². The molecule has 208 valence electrons. The standard InChI is InChI=1S/C26H33ClN4O4S2.ClH/c1-3-4-13-29(2)37(33,34)21-11-9-20(10-12-21)25(32)31(15-6-14-30-16-18-35-19-17-30)26-28-24-22(27)7-5-8-23(24)36-26;/h5,7-12H,3-4,6,13-19H2,1-2H3;1H. The van der Waals surface area contributed by atoms with E-state index in [1.807, 2.05) is 19.1 Å². The van der Waals surface area contributed by atoms with Crippen LogP contribution in [0.15, 0.2) is 47.4 Å². The molecule has 3 aromatic rings. The van der Waals surface area contributed by atoms with Gasteiger partial charge in [-0.3, -0.25) is 14.6 Å². The van der Waals surface area contributed by atoms with Gasteiger partial charge in [0.1, 0.15) is 5.52 Å². The maximum absolute atomic E-state index is 13.7. The highest BCUT2D eigenvalue weighted by molar-refractivity contribution is 7.89. The average Bonchev–Trinajstić information content (AvgIpc) is 3.35. The minimum absolute atomic E-state index is 0. The van der Waals surface area contributed by atoms with E-state index in [1.165, 1.54) is 27.8 Å². The maximum Gasteiger partial charge on any atom is 0.260 e. The first-order valence-electron chi connectivity index (χ1n) is 12.5. The summed E-state index contributed by atoms with van der Waals surface area (Å²) < 4.78 is 33.5. The van der Waals surface area contributed by atoms with Crippen LogP contribution in [-0.4, -0.2) is 81.5 Å². The normalized spacial score (nSPS) is 14.5. The number of ether oxygens (including phenoxy) is 1. The molecule has 0 atom stereocenters. The second-order valence-corrected chi connectivity index (χ2v) is 12.5. The van der Waals surface area contributed by atoms with E-state index in [9.17, 15) is 13.2 Å². The molecular weight excluding hydrogens is 567 g/mol. The van der Waals surface area contributed by atoms with E-state index in [1.54, 1.807) is 30.1 Å². The lowest BCUT2D eigenvalue weighted by Crippen LogP contribution is -2.39. The van der Waals surface area contributed by atoms with Crippen molar-refractivity contribution in [3.8, 4) is 0 Å². The van der Waals surface area contributed by atoms with Crippen LogP contribution in [-0.2, 0) is 14.8 Å². The third kappa shape index (κ3) is 7.24. The van der Waals surface area contributed by atoms with Crippen molar-refractivity contribution in [3.63, 3.8) is 0 Å². The number of benzene rings is 2.